The average Bonchev–Trinajstić information content (AvgIpc) is 3.52. The molecule has 0 radical (unpaired) electrons. The number of benzene rings is 2. The largest absolute Gasteiger partial charge is 0.452 e. The predicted octanol–water partition coefficient (Wildman–Crippen LogP) is 6.54. The third-order valence-corrected chi connectivity index (χ3v) is 7.07. The van der Waals surface area contributed by atoms with Crippen molar-refractivity contribution in [2.24, 2.45) is 11.0 Å². The summed E-state index contributed by atoms with van der Waals surface area (Å²) in [4.78, 5) is 25.5. The van der Waals surface area contributed by atoms with Gasteiger partial charge in [-0.05, 0) is 107 Å². The first kappa shape index (κ1) is 26.0. The molecule has 2 atom stereocenters. The minimum Gasteiger partial charge on any atom is -0.452 e. The minimum absolute atomic E-state index is 0.109. The molecular weight excluding hydrogens is 605 g/mol. The molecule has 2 heterocycles. The zero-order chi connectivity index (χ0) is 26.6. The van der Waals surface area contributed by atoms with Crippen molar-refractivity contribution in [3.63, 3.8) is 0 Å². The Morgan fingerprint density at radius 3 is 2.45 bits per heavy atom. The Bertz CT molecular complexity index is 1430. The zero-order valence-electron chi connectivity index (χ0n) is 20.1. The number of hydrogen-bond donors (Lipinski definition) is 0. The van der Waals surface area contributed by atoms with Crippen molar-refractivity contribution < 1.29 is 27.5 Å². The molecule has 9 heteroatoms. The molecule has 1 aliphatic heterocycles. The fraction of sp³-hybridized carbons (Fsp3) is 0.207. The van der Waals surface area contributed by atoms with Gasteiger partial charge in [0.2, 0.25) is 0 Å². The maximum Gasteiger partial charge on any atom is 0.331 e. The van der Waals surface area contributed by atoms with Crippen LogP contribution in [0.15, 0.2) is 81.8 Å². The second-order valence-corrected chi connectivity index (χ2v) is 10.1. The second kappa shape index (κ2) is 11.4. The smallest absolute Gasteiger partial charge is 0.331 e. The van der Waals surface area contributed by atoms with Gasteiger partial charge in [0.05, 0.1) is 11.8 Å². The number of hydrazone groups is 1. The Morgan fingerprint density at radius 2 is 1.76 bits per heavy atom. The highest BCUT2D eigenvalue weighted by Crippen LogP contribution is 2.44. The van der Waals surface area contributed by atoms with Crippen LogP contribution in [-0.2, 0) is 14.3 Å². The van der Waals surface area contributed by atoms with Crippen LogP contribution in [0, 0.1) is 21.3 Å². The summed E-state index contributed by atoms with van der Waals surface area (Å²) in [6.45, 7) is -0.503. The first-order chi connectivity index (χ1) is 18.4. The molecule has 2 unspecified atom stereocenters. The molecule has 0 N–H and O–H groups in total. The Morgan fingerprint density at radius 1 is 1.05 bits per heavy atom. The summed E-state index contributed by atoms with van der Waals surface area (Å²) < 4.78 is 38.3. The van der Waals surface area contributed by atoms with Crippen LogP contribution in [0.2, 0.25) is 0 Å². The first-order valence-corrected chi connectivity index (χ1v) is 13.2. The molecule has 1 aromatic heterocycles. The van der Waals surface area contributed by atoms with Crippen molar-refractivity contribution in [1.82, 2.24) is 5.01 Å². The summed E-state index contributed by atoms with van der Waals surface area (Å²) in [5, 5.41) is 6.05. The maximum absolute atomic E-state index is 13.7. The number of rotatable bonds is 6. The van der Waals surface area contributed by atoms with Gasteiger partial charge in [-0.25, -0.2) is 18.6 Å². The van der Waals surface area contributed by atoms with Crippen LogP contribution >= 0.6 is 22.6 Å². The fourth-order valence-corrected chi connectivity index (χ4v) is 5.21. The summed E-state index contributed by atoms with van der Waals surface area (Å²) in [6, 6.07) is 15.2. The number of amides is 1. The summed E-state index contributed by atoms with van der Waals surface area (Å²) in [6.07, 6.45) is 7.04. The van der Waals surface area contributed by atoms with Crippen LogP contribution in [0.25, 0.3) is 12.2 Å². The van der Waals surface area contributed by atoms with Gasteiger partial charge in [0.1, 0.15) is 17.4 Å². The Hall–Kier alpha value is -3.60. The number of hydrogen-bond acceptors (Lipinski definition) is 5. The molecule has 5 rings (SSSR count). The van der Waals surface area contributed by atoms with Gasteiger partial charge in [0, 0.05) is 12.0 Å². The van der Waals surface area contributed by atoms with Crippen molar-refractivity contribution in [2.45, 2.75) is 25.3 Å². The summed E-state index contributed by atoms with van der Waals surface area (Å²) in [5.74, 6) is -1.49. The molecule has 38 heavy (non-hydrogen) atoms. The SMILES string of the molecule is O=C(/C=C/c1ccc(I)o1)OCC(=O)N1N=C2/C(=C/c3ccc(F)cc3)CCCC2C1c1ccc(F)cc1. The lowest BCUT2D eigenvalue weighted by Crippen LogP contribution is -2.34. The molecule has 194 valence electrons. The number of allylic oxidation sites excluding steroid dienone is 1. The van der Waals surface area contributed by atoms with E-state index in [1.165, 1.54) is 41.4 Å². The van der Waals surface area contributed by atoms with Crippen molar-refractivity contribution in [2.75, 3.05) is 6.61 Å². The molecular formula is C29H23F2IN2O4. The van der Waals surface area contributed by atoms with Crippen LogP contribution in [0.1, 0.15) is 42.2 Å². The summed E-state index contributed by atoms with van der Waals surface area (Å²) in [7, 11) is 0. The lowest BCUT2D eigenvalue weighted by Gasteiger charge is -2.29. The van der Waals surface area contributed by atoms with Gasteiger partial charge in [-0.1, -0.05) is 24.3 Å². The number of nitrogens with zero attached hydrogens (tertiary/aromatic N) is 2. The third kappa shape index (κ3) is 5.93. The number of furan rings is 1. The lowest BCUT2D eigenvalue weighted by molar-refractivity contribution is -0.149. The van der Waals surface area contributed by atoms with Gasteiger partial charge in [-0.2, -0.15) is 5.10 Å². The van der Waals surface area contributed by atoms with Crippen LogP contribution in [-0.4, -0.2) is 29.2 Å². The van der Waals surface area contributed by atoms with E-state index in [1.807, 2.05) is 28.7 Å². The van der Waals surface area contributed by atoms with E-state index in [2.05, 4.69) is 0 Å². The van der Waals surface area contributed by atoms with Gasteiger partial charge < -0.3 is 9.15 Å². The van der Waals surface area contributed by atoms with E-state index in [1.54, 1.807) is 36.4 Å². The van der Waals surface area contributed by atoms with Crippen LogP contribution < -0.4 is 0 Å². The van der Waals surface area contributed by atoms with Gasteiger partial charge in [-0.15, -0.1) is 0 Å². The topological polar surface area (TPSA) is 72.1 Å². The molecule has 1 aliphatic carbocycles. The van der Waals surface area contributed by atoms with E-state index < -0.39 is 24.5 Å². The second-order valence-electron chi connectivity index (χ2n) is 9.02. The van der Waals surface area contributed by atoms with E-state index in [-0.39, 0.29) is 17.6 Å². The van der Waals surface area contributed by atoms with Crippen molar-refractivity contribution >= 4 is 52.3 Å². The normalized spacial score (nSPS) is 20.0. The molecule has 0 saturated heterocycles. The standard InChI is InChI=1S/C29H23F2IN2O4/c30-21-8-4-18(5-9-21)16-20-2-1-3-24-28(20)33-34(29(24)19-6-10-22(31)11-7-19)26(35)17-37-27(36)15-13-23-12-14-25(32)38-23/h4-16,24,29H,1-3,17H2/b15-13+,20-16+. The van der Waals surface area contributed by atoms with Crippen LogP contribution in [0.4, 0.5) is 8.78 Å². The molecule has 1 fully saturated rings. The molecule has 1 amide bonds. The molecule has 0 bridgehead atoms. The number of halogens is 3. The highest BCUT2D eigenvalue weighted by atomic mass is 127. The van der Waals surface area contributed by atoms with Gasteiger partial charge in [0.25, 0.3) is 5.91 Å². The molecule has 0 spiro atoms. The Balaban J connectivity index is 1.38. The van der Waals surface area contributed by atoms with E-state index in [0.717, 1.165) is 41.7 Å². The third-order valence-electron chi connectivity index (χ3n) is 6.50. The summed E-state index contributed by atoms with van der Waals surface area (Å²) in [5.41, 5.74) is 3.30. The van der Waals surface area contributed by atoms with E-state index >= 15 is 0 Å². The van der Waals surface area contributed by atoms with Crippen LogP contribution in [0.3, 0.4) is 0 Å². The number of carbonyl (C=O) groups excluding carboxylic acids is 2. The van der Waals surface area contributed by atoms with Crippen molar-refractivity contribution in [3.8, 4) is 0 Å². The summed E-state index contributed by atoms with van der Waals surface area (Å²) >= 11 is 2.02. The number of carbonyl (C=O) groups is 2. The molecule has 2 aromatic carbocycles. The monoisotopic (exact) mass is 628 g/mol. The van der Waals surface area contributed by atoms with E-state index in [4.69, 9.17) is 14.3 Å². The minimum atomic E-state index is -0.691. The molecule has 6 nitrogen and oxygen atoms in total. The Labute approximate surface area is 231 Å². The maximum atomic E-state index is 13.7. The van der Waals surface area contributed by atoms with Crippen molar-refractivity contribution in [1.29, 1.82) is 0 Å². The van der Waals surface area contributed by atoms with Crippen LogP contribution in [0.5, 0.6) is 0 Å². The molecule has 2 aliphatic rings. The number of esters is 1. The van der Waals surface area contributed by atoms with Crippen molar-refractivity contribution in [3.05, 3.63) is 105 Å². The van der Waals surface area contributed by atoms with E-state index in [9.17, 15) is 18.4 Å². The highest BCUT2D eigenvalue weighted by molar-refractivity contribution is 14.1. The van der Waals surface area contributed by atoms with Gasteiger partial charge in [0.15, 0.2) is 10.4 Å². The highest BCUT2D eigenvalue weighted by Gasteiger charge is 2.43. The molecule has 3 aromatic rings. The quantitative estimate of drug-likeness (QED) is 0.177. The fourth-order valence-electron chi connectivity index (χ4n) is 4.78. The Kier molecular flexibility index (Phi) is 7.82. The zero-order valence-corrected chi connectivity index (χ0v) is 22.3. The average molecular weight is 628 g/mol. The first-order valence-electron chi connectivity index (χ1n) is 12.1. The van der Waals surface area contributed by atoms with E-state index in [0.29, 0.717) is 9.53 Å². The van der Waals surface area contributed by atoms with Gasteiger partial charge >= 0.3 is 5.97 Å². The number of fused-ring (bicyclic) bond motifs is 1. The van der Waals surface area contributed by atoms with Gasteiger partial charge in [-0.3, -0.25) is 4.79 Å². The number of ether oxygens (including phenoxy) is 1. The molecule has 1 saturated carbocycles. The lowest BCUT2D eigenvalue weighted by atomic mass is 9.77. The predicted molar refractivity (Wildman–Crippen MR) is 147 cm³/mol.